The number of carbonyl (C=O) groups excluding carboxylic acids is 1. The normalized spacial score (nSPS) is 14.9. The summed E-state index contributed by atoms with van der Waals surface area (Å²) in [6.45, 7) is 7.53. The molecule has 1 amide bonds. The molecular weight excluding hydrogens is 589 g/mol. The van der Waals surface area contributed by atoms with Gasteiger partial charge in [-0.15, -0.1) is 0 Å². The second-order valence-electron chi connectivity index (χ2n) is 10.5. The van der Waals surface area contributed by atoms with Gasteiger partial charge in [-0.05, 0) is 66.6 Å². The smallest absolute Gasteiger partial charge is 0.490 e. The van der Waals surface area contributed by atoms with Gasteiger partial charge in [0.15, 0.2) is 0 Å². The minimum Gasteiger partial charge on any atom is -0.496 e. The molecule has 43 heavy (non-hydrogen) atoms. The van der Waals surface area contributed by atoms with Gasteiger partial charge in [-0.25, -0.2) is 17.5 Å². The predicted octanol–water partition coefficient (Wildman–Crippen LogP) is 4.60. The van der Waals surface area contributed by atoms with E-state index in [0.29, 0.717) is 31.2 Å². The van der Waals surface area contributed by atoms with Gasteiger partial charge < -0.3 is 25.9 Å². The van der Waals surface area contributed by atoms with Crippen molar-refractivity contribution in [2.75, 3.05) is 26.0 Å². The summed E-state index contributed by atoms with van der Waals surface area (Å²) in [7, 11) is -1.53. The molecule has 0 radical (unpaired) electrons. The Morgan fingerprint density at radius 1 is 1.16 bits per heavy atom. The zero-order chi connectivity index (χ0) is 32.1. The second kappa shape index (κ2) is 13.8. The molecule has 0 atom stereocenters. The van der Waals surface area contributed by atoms with Crippen molar-refractivity contribution in [2.24, 2.45) is 5.73 Å². The third-order valence-electron chi connectivity index (χ3n) is 7.30. The summed E-state index contributed by atoms with van der Waals surface area (Å²) >= 11 is 0. The number of sulfonamides is 1. The van der Waals surface area contributed by atoms with Crippen LogP contribution in [-0.4, -0.2) is 72.9 Å². The quantitative estimate of drug-likeness (QED) is 0.271. The van der Waals surface area contributed by atoms with Crippen molar-refractivity contribution in [3.63, 3.8) is 0 Å². The van der Waals surface area contributed by atoms with Crippen LogP contribution in [0.3, 0.4) is 0 Å². The van der Waals surface area contributed by atoms with E-state index < -0.39 is 28.1 Å². The van der Waals surface area contributed by atoms with Crippen molar-refractivity contribution in [3.8, 4) is 16.9 Å². The van der Waals surface area contributed by atoms with Gasteiger partial charge in [-0.1, -0.05) is 19.9 Å². The van der Waals surface area contributed by atoms with E-state index in [0.717, 1.165) is 51.7 Å². The van der Waals surface area contributed by atoms with Crippen LogP contribution >= 0.6 is 0 Å². The Kier molecular flexibility index (Phi) is 10.9. The molecule has 0 spiro atoms. The molecule has 2 aromatic carbocycles. The Morgan fingerprint density at radius 2 is 1.79 bits per heavy atom. The predicted molar refractivity (Wildman–Crippen MR) is 157 cm³/mol. The van der Waals surface area contributed by atoms with Crippen LogP contribution in [0.5, 0.6) is 5.75 Å². The number of halogens is 3. The van der Waals surface area contributed by atoms with Crippen molar-refractivity contribution in [3.05, 3.63) is 53.2 Å². The number of fused-ring (bicyclic) bond motifs is 1. The number of amides is 1. The number of hydrogen-bond donors (Lipinski definition) is 4. The molecule has 2 heterocycles. The summed E-state index contributed by atoms with van der Waals surface area (Å²) in [5.41, 5.74) is 10.9. The van der Waals surface area contributed by atoms with Gasteiger partial charge >= 0.3 is 12.1 Å². The minimum absolute atomic E-state index is 0.118. The Hall–Kier alpha value is -3.62. The SMILES string of the molecule is CCS(=O)(=O)N1CCC(c2c[nH]c3c(C(N)=O)cc(-c4ccc(OC)c(CNC(C)C)c4)cc23)CC1.O=C(O)C(F)(F)F. The number of aromatic amines is 1. The molecular formula is C29H37F3N4O6S. The van der Waals surface area contributed by atoms with Crippen molar-refractivity contribution in [1.82, 2.24) is 14.6 Å². The summed E-state index contributed by atoms with van der Waals surface area (Å²) in [6, 6.07) is 10.3. The Morgan fingerprint density at radius 3 is 2.30 bits per heavy atom. The van der Waals surface area contributed by atoms with Gasteiger partial charge in [-0.2, -0.15) is 13.2 Å². The molecule has 3 aromatic rings. The van der Waals surface area contributed by atoms with Gasteiger partial charge in [-0.3, -0.25) is 4.79 Å². The highest BCUT2D eigenvalue weighted by Crippen LogP contribution is 2.38. The van der Waals surface area contributed by atoms with E-state index >= 15 is 0 Å². The maximum Gasteiger partial charge on any atom is 0.490 e. The molecule has 4 rings (SSSR count). The maximum absolute atomic E-state index is 12.4. The van der Waals surface area contributed by atoms with Gasteiger partial charge in [0.25, 0.3) is 5.91 Å². The number of benzene rings is 2. The first kappa shape index (κ1) is 33.9. The van der Waals surface area contributed by atoms with Crippen LogP contribution in [0.15, 0.2) is 36.5 Å². The zero-order valence-electron chi connectivity index (χ0n) is 24.4. The summed E-state index contributed by atoms with van der Waals surface area (Å²) in [4.78, 5) is 24.6. The highest BCUT2D eigenvalue weighted by atomic mass is 32.2. The summed E-state index contributed by atoms with van der Waals surface area (Å²) in [5, 5.41) is 11.5. The fourth-order valence-electron chi connectivity index (χ4n) is 4.99. The first-order chi connectivity index (χ1) is 20.1. The van der Waals surface area contributed by atoms with Crippen LogP contribution in [0.4, 0.5) is 13.2 Å². The highest BCUT2D eigenvalue weighted by molar-refractivity contribution is 7.89. The molecule has 14 heteroatoms. The van der Waals surface area contributed by atoms with E-state index in [-0.39, 0.29) is 11.7 Å². The third kappa shape index (κ3) is 8.27. The van der Waals surface area contributed by atoms with Gasteiger partial charge in [0.2, 0.25) is 10.0 Å². The summed E-state index contributed by atoms with van der Waals surface area (Å²) in [6.07, 6.45) is -1.67. The number of primary amides is 1. The first-order valence-electron chi connectivity index (χ1n) is 13.7. The Balaban J connectivity index is 0.000000646. The lowest BCUT2D eigenvalue weighted by atomic mass is 9.88. The molecule has 10 nitrogen and oxygen atoms in total. The van der Waals surface area contributed by atoms with E-state index in [1.165, 1.54) is 0 Å². The second-order valence-corrected chi connectivity index (χ2v) is 12.8. The average molecular weight is 627 g/mol. The monoisotopic (exact) mass is 626 g/mol. The average Bonchev–Trinajstić information content (AvgIpc) is 3.39. The number of carbonyl (C=O) groups is 2. The van der Waals surface area contributed by atoms with Crippen molar-refractivity contribution in [1.29, 1.82) is 0 Å². The largest absolute Gasteiger partial charge is 0.496 e. The minimum atomic E-state index is -5.08. The first-order valence-corrected chi connectivity index (χ1v) is 15.3. The van der Waals surface area contributed by atoms with Crippen LogP contribution in [0.25, 0.3) is 22.0 Å². The number of H-pyrrole nitrogens is 1. The number of nitrogens with zero attached hydrogens (tertiary/aromatic N) is 1. The molecule has 1 aliphatic rings. The summed E-state index contributed by atoms with van der Waals surface area (Å²) in [5.74, 6) is -2.13. The molecule has 5 N–H and O–H groups in total. The van der Waals surface area contributed by atoms with Crippen molar-refractivity contribution >= 4 is 32.8 Å². The number of alkyl halides is 3. The van der Waals surface area contributed by atoms with Crippen LogP contribution in [-0.2, 0) is 21.4 Å². The summed E-state index contributed by atoms with van der Waals surface area (Å²) < 4.78 is 63.5. The van der Waals surface area contributed by atoms with E-state index in [2.05, 4.69) is 36.3 Å². The topological polar surface area (TPSA) is 155 Å². The van der Waals surface area contributed by atoms with E-state index in [1.54, 1.807) is 18.3 Å². The fourth-order valence-corrected chi connectivity index (χ4v) is 6.12. The molecule has 1 fully saturated rings. The highest BCUT2D eigenvalue weighted by Gasteiger charge is 2.38. The standard InChI is InChI=1S/C27H36N4O4S.C2HF3O2/c1-5-36(33,34)31-10-8-18(9-11-31)24-16-30-26-22(24)13-20(14-23(26)27(28)32)19-6-7-25(35-4)21(12-19)15-29-17(2)3;3-2(4,5)1(6)7/h6-7,12-14,16-18,29-30H,5,8-11,15H2,1-4H3,(H2,28,32);(H,6,7). The Bertz CT molecular complexity index is 1560. The van der Waals surface area contributed by atoms with Crippen LogP contribution < -0.4 is 15.8 Å². The molecule has 236 valence electrons. The number of piperidine rings is 1. The fraction of sp³-hybridized carbons (Fsp3) is 0.448. The van der Waals surface area contributed by atoms with Gasteiger partial charge in [0, 0.05) is 42.8 Å². The number of ether oxygens (including phenoxy) is 1. The number of nitrogens with two attached hydrogens (primary N) is 1. The molecule has 0 bridgehead atoms. The molecule has 1 aliphatic heterocycles. The number of aromatic nitrogens is 1. The van der Waals surface area contributed by atoms with Crippen molar-refractivity contribution < 1.29 is 41.0 Å². The lowest BCUT2D eigenvalue weighted by Crippen LogP contribution is -2.38. The number of hydrogen-bond acceptors (Lipinski definition) is 6. The van der Waals surface area contributed by atoms with E-state index in [4.69, 9.17) is 20.4 Å². The van der Waals surface area contributed by atoms with Crippen LogP contribution in [0.2, 0.25) is 0 Å². The van der Waals surface area contributed by atoms with Crippen LogP contribution in [0, 0.1) is 0 Å². The molecule has 0 aliphatic carbocycles. The molecule has 0 saturated carbocycles. The number of rotatable bonds is 9. The van der Waals surface area contributed by atoms with E-state index in [1.807, 2.05) is 24.4 Å². The lowest BCUT2D eigenvalue weighted by Gasteiger charge is -2.31. The van der Waals surface area contributed by atoms with Gasteiger partial charge in [0.1, 0.15) is 5.75 Å². The maximum atomic E-state index is 12.4. The number of aliphatic carboxylic acids is 1. The number of methoxy groups -OCH3 is 1. The zero-order valence-corrected chi connectivity index (χ0v) is 25.2. The molecule has 1 saturated heterocycles. The number of nitrogens with one attached hydrogen (secondary N) is 2. The lowest BCUT2D eigenvalue weighted by molar-refractivity contribution is -0.192. The Labute approximate surface area is 248 Å². The number of carboxylic acids is 1. The third-order valence-corrected chi connectivity index (χ3v) is 9.18. The molecule has 0 unspecified atom stereocenters. The number of carboxylic acid groups (broad SMARTS) is 1. The van der Waals surface area contributed by atoms with Crippen molar-refractivity contribution in [2.45, 2.75) is 58.3 Å². The van der Waals surface area contributed by atoms with Gasteiger partial charge in [0.05, 0.1) is 23.9 Å². The van der Waals surface area contributed by atoms with Crippen LogP contribution in [0.1, 0.15) is 61.0 Å². The molecule has 1 aromatic heterocycles. The van der Waals surface area contributed by atoms with E-state index in [9.17, 15) is 26.4 Å².